The van der Waals surface area contributed by atoms with E-state index in [2.05, 4.69) is 6.92 Å². The van der Waals surface area contributed by atoms with Gasteiger partial charge in [-0.05, 0) is 18.8 Å². The van der Waals surface area contributed by atoms with Crippen LogP contribution < -0.4 is 5.73 Å². The van der Waals surface area contributed by atoms with Crippen LogP contribution in [0.2, 0.25) is 0 Å². The van der Waals surface area contributed by atoms with Gasteiger partial charge in [0.05, 0.1) is 17.7 Å². The Labute approximate surface area is 79.5 Å². The molecule has 2 N–H and O–H groups in total. The van der Waals surface area contributed by atoms with Crippen molar-refractivity contribution in [3.63, 3.8) is 0 Å². The number of rotatable bonds is 3. The largest absolute Gasteiger partial charge is 0.391 e. The Bertz CT molecular complexity index is 161. The summed E-state index contributed by atoms with van der Waals surface area (Å²) in [6.45, 7) is 2.73. The van der Waals surface area contributed by atoms with Crippen molar-refractivity contribution in [2.24, 2.45) is 11.7 Å². The molecule has 3 heteroatoms. The van der Waals surface area contributed by atoms with Gasteiger partial charge in [0, 0.05) is 0 Å². The van der Waals surface area contributed by atoms with Crippen molar-refractivity contribution < 1.29 is 4.74 Å². The predicted molar refractivity (Wildman–Crippen MR) is 54.2 cm³/mol. The highest BCUT2D eigenvalue weighted by molar-refractivity contribution is 7.80. The van der Waals surface area contributed by atoms with Gasteiger partial charge in [-0.3, -0.25) is 0 Å². The van der Waals surface area contributed by atoms with Gasteiger partial charge in [-0.1, -0.05) is 32.0 Å². The molecule has 1 fully saturated rings. The summed E-state index contributed by atoms with van der Waals surface area (Å²) in [6, 6.07) is 0. The molecule has 12 heavy (non-hydrogen) atoms. The highest BCUT2D eigenvalue weighted by atomic mass is 32.1. The van der Waals surface area contributed by atoms with Crippen LogP contribution in [0, 0.1) is 5.92 Å². The van der Waals surface area contributed by atoms with E-state index in [1.54, 1.807) is 0 Å². The number of hydrogen-bond donors (Lipinski definition) is 1. The molecule has 0 aromatic heterocycles. The van der Waals surface area contributed by atoms with Crippen molar-refractivity contribution in [2.75, 3.05) is 6.61 Å². The molecular weight excluding hydrogens is 170 g/mol. The van der Waals surface area contributed by atoms with Crippen LogP contribution >= 0.6 is 12.2 Å². The topological polar surface area (TPSA) is 35.2 Å². The van der Waals surface area contributed by atoms with E-state index < -0.39 is 0 Å². The van der Waals surface area contributed by atoms with Crippen molar-refractivity contribution in [1.82, 2.24) is 0 Å². The maximum atomic E-state index is 5.55. The SMILES string of the molecule is CC1CCCC(OCC(N)=S)C1. The molecule has 0 aromatic carbocycles. The Kier molecular flexibility index (Phi) is 3.95. The molecule has 70 valence electrons. The van der Waals surface area contributed by atoms with Gasteiger partial charge in [0.2, 0.25) is 0 Å². The lowest BCUT2D eigenvalue weighted by Gasteiger charge is -2.26. The molecule has 0 spiro atoms. The minimum absolute atomic E-state index is 0.398. The van der Waals surface area contributed by atoms with Crippen LogP contribution in [0.25, 0.3) is 0 Å². The zero-order valence-corrected chi connectivity index (χ0v) is 8.40. The summed E-state index contributed by atoms with van der Waals surface area (Å²) >= 11 is 4.75. The molecule has 0 bridgehead atoms. The van der Waals surface area contributed by atoms with E-state index in [1.807, 2.05) is 0 Å². The second kappa shape index (κ2) is 4.77. The predicted octanol–water partition coefficient (Wildman–Crippen LogP) is 1.87. The molecule has 2 nitrogen and oxygen atoms in total. The van der Waals surface area contributed by atoms with Crippen LogP contribution in [0.5, 0.6) is 0 Å². The molecule has 0 aromatic rings. The van der Waals surface area contributed by atoms with Crippen LogP contribution in [-0.4, -0.2) is 17.7 Å². The minimum atomic E-state index is 0.398. The van der Waals surface area contributed by atoms with Gasteiger partial charge in [-0.25, -0.2) is 0 Å². The fraction of sp³-hybridized carbons (Fsp3) is 0.889. The zero-order valence-electron chi connectivity index (χ0n) is 7.58. The van der Waals surface area contributed by atoms with Crippen LogP contribution in [0.15, 0.2) is 0 Å². The summed E-state index contributed by atoms with van der Waals surface area (Å²) < 4.78 is 5.55. The zero-order chi connectivity index (χ0) is 8.97. The number of thiocarbonyl (C=S) groups is 1. The Morgan fingerprint density at radius 1 is 1.58 bits per heavy atom. The molecule has 0 radical (unpaired) electrons. The Hall–Kier alpha value is -0.150. The summed E-state index contributed by atoms with van der Waals surface area (Å²) in [5, 5.41) is 0. The maximum Gasteiger partial charge on any atom is 0.0989 e. The second-order valence-electron chi connectivity index (χ2n) is 3.67. The van der Waals surface area contributed by atoms with E-state index in [0.717, 1.165) is 5.92 Å². The fourth-order valence-corrected chi connectivity index (χ4v) is 1.80. The van der Waals surface area contributed by atoms with Crippen molar-refractivity contribution in [2.45, 2.75) is 38.7 Å². The summed E-state index contributed by atoms with van der Waals surface area (Å²) in [5.74, 6) is 0.801. The first kappa shape index (κ1) is 9.93. The normalized spacial score (nSPS) is 30.1. The molecule has 1 rings (SSSR count). The molecular formula is C9H17NOS. The number of nitrogens with two attached hydrogens (primary N) is 1. The van der Waals surface area contributed by atoms with Crippen LogP contribution in [0.4, 0.5) is 0 Å². The molecule has 0 aliphatic heterocycles. The fourth-order valence-electron chi connectivity index (χ4n) is 1.73. The van der Waals surface area contributed by atoms with E-state index in [-0.39, 0.29) is 0 Å². The summed E-state index contributed by atoms with van der Waals surface area (Å²) in [5.41, 5.74) is 5.35. The molecule has 2 atom stereocenters. The number of ether oxygens (including phenoxy) is 1. The average molecular weight is 187 g/mol. The van der Waals surface area contributed by atoms with E-state index in [9.17, 15) is 0 Å². The van der Waals surface area contributed by atoms with Gasteiger partial charge < -0.3 is 10.5 Å². The van der Waals surface area contributed by atoms with Crippen molar-refractivity contribution in [3.8, 4) is 0 Å². The molecule has 1 aliphatic carbocycles. The highest BCUT2D eigenvalue weighted by Gasteiger charge is 2.18. The molecule has 0 amide bonds. The van der Waals surface area contributed by atoms with Gasteiger partial charge in [0.15, 0.2) is 0 Å². The standard InChI is InChI=1S/C9H17NOS/c1-7-3-2-4-8(5-7)11-6-9(10)12/h7-8H,2-6H2,1H3,(H2,10,12). The molecule has 1 aliphatic rings. The smallest absolute Gasteiger partial charge is 0.0989 e. The second-order valence-corrected chi connectivity index (χ2v) is 4.20. The molecule has 2 unspecified atom stereocenters. The molecule has 0 saturated heterocycles. The summed E-state index contributed by atoms with van der Waals surface area (Å²) in [7, 11) is 0. The summed E-state index contributed by atoms with van der Waals surface area (Å²) in [4.78, 5) is 0.466. The Morgan fingerprint density at radius 3 is 2.92 bits per heavy atom. The third kappa shape index (κ3) is 3.50. The Morgan fingerprint density at radius 2 is 2.33 bits per heavy atom. The van der Waals surface area contributed by atoms with Gasteiger partial charge in [0.25, 0.3) is 0 Å². The van der Waals surface area contributed by atoms with Gasteiger partial charge in [0.1, 0.15) is 0 Å². The monoisotopic (exact) mass is 187 g/mol. The van der Waals surface area contributed by atoms with Crippen LogP contribution in [0.1, 0.15) is 32.6 Å². The van der Waals surface area contributed by atoms with E-state index in [0.29, 0.717) is 17.7 Å². The van der Waals surface area contributed by atoms with E-state index in [1.165, 1.54) is 25.7 Å². The lowest BCUT2D eigenvalue weighted by atomic mass is 9.89. The quantitative estimate of drug-likeness (QED) is 0.685. The summed E-state index contributed by atoms with van der Waals surface area (Å²) in [6.07, 6.45) is 5.36. The van der Waals surface area contributed by atoms with Gasteiger partial charge in [-0.15, -0.1) is 0 Å². The maximum absolute atomic E-state index is 5.55. The average Bonchev–Trinajstić information content (AvgIpc) is 2.01. The lowest BCUT2D eigenvalue weighted by Crippen LogP contribution is -2.26. The third-order valence-corrected chi connectivity index (χ3v) is 2.47. The van der Waals surface area contributed by atoms with Crippen molar-refractivity contribution >= 4 is 17.2 Å². The van der Waals surface area contributed by atoms with Gasteiger partial charge in [-0.2, -0.15) is 0 Å². The van der Waals surface area contributed by atoms with Crippen molar-refractivity contribution in [1.29, 1.82) is 0 Å². The van der Waals surface area contributed by atoms with Crippen LogP contribution in [-0.2, 0) is 4.74 Å². The minimum Gasteiger partial charge on any atom is -0.391 e. The van der Waals surface area contributed by atoms with E-state index >= 15 is 0 Å². The number of hydrogen-bond acceptors (Lipinski definition) is 2. The Balaban J connectivity index is 2.18. The first-order valence-electron chi connectivity index (χ1n) is 4.58. The van der Waals surface area contributed by atoms with Crippen LogP contribution in [0.3, 0.4) is 0 Å². The molecule has 1 saturated carbocycles. The van der Waals surface area contributed by atoms with Crippen molar-refractivity contribution in [3.05, 3.63) is 0 Å². The van der Waals surface area contributed by atoms with Gasteiger partial charge >= 0.3 is 0 Å². The lowest BCUT2D eigenvalue weighted by molar-refractivity contribution is 0.0382. The first-order chi connectivity index (χ1) is 5.68. The first-order valence-corrected chi connectivity index (χ1v) is 4.99. The molecule has 0 heterocycles. The van der Waals surface area contributed by atoms with E-state index in [4.69, 9.17) is 22.7 Å². The highest BCUT2D eigenvalue weighted by Crippen LogP contribution is 2.25. The third-order valence-electron chi connectivity index (χ3n) is 2.35.